The first kappa shape index (κ1) is 9.89. The molecule has 0 bridgehead atoms. The fraction of sp³-hybridized carbons (Fsp3) is 0.167. The van der Waals surface area contributed by atoms with E-state index in [1.54, 1.807) is 17.9 Å². The van der Waals surface area contributed by atoms with Crippen LogP contribution >= 0.6 is 0 Å². The summed E-state index contributed by atoms with van der Waals surface area (Å²) in [7, 11) is 1.80. The molecule has 5 heteroatoms. The molecule has 1 aliphatic rings. The van der Waals surface area contributed by atoms with Crippen molar-refractivity contribution in [2.75, 3.05) is 11.1 Å². The van der Waals surface area contributed by atoms with Crippen molar-refractivity contribution in [3.63, 3.8) is 0 Å². The first-order valence-electron chi connectivity index (χ1n) is 5.36. The zero-order valence-electron chi connectivity index (χ0n) is 9.40. The van der Waals surface area contributed by atoms with Crippen molar-refractivity contribution in [3.8, 4) is 11.1 Å². The minimum Gasteiger partial charge on any atom is -0.383 e. The van der Waals surface area contributed by atoms with Crippen molar-refractivity contribution in [1.29, 1.82) is 0 Å². The molecule has 1 aliphatic heterocycles. The lowest BCUT2D eigenvalue weighted by Crippen LogP contribution is -2.03. The SMILES string of the molecule is Cn1ncc(-c2ccc3c(c2)NC(=O)C3)c1N. The highest BCUT2D eigenvalue weighted by atomic mass is 16.1. The Hall–Kier alpha value is -2.30. The van der Waals surface area contributed by atoms with Gasteiger partial charge in [-0.05, 0) is 17.2 Å². The molecule has 0 saturated heterocycles. The summed E-state index contributed by atoms with van der Waals surface area (Å²) in [4.78, 5) is 11.3. The van der Waals surface area contributed by atoms with Gasteiger partial charge in [-0.15, -0.1) is 0 Å². The summed E-state index contributed by atoms with van der Waals surface area (Å²) in [6.45, 7) is 0. The van der Waals surface area contributed by atoms with Gasteiger partial charge in [0, 0.05) is 18.3 Å². The molecule has 0 spiro atoms. The number of nitrogen functional groups attached to an aromatic ring is 1. The number of anilines is 2. The maximum atomic E-state index is 11.3. The summed E-state index contributed by atoms with van der Waals surface area (Å²) in [6, 6.07) is 5.86. The smallest absolute Gasteiger partial charge is 0.228 e. The second-order valence-electron chi connectivity index (χ2n) is 4.16. The van der Waals surface area contributed by atoms with E-state index < -0.39 is 0 Å². The molecule has 1 aromatic carbocycles. The standard InChI is InChI=1S/C12H12N4O/c1-16-12(13)9(6-14-16)7-2-3-8-5-11(17)15-10(8)4-7/h2-4,6H,5,13H2,1H3,(H,15,17). The lowest BCUT2D eigenvalue weighted by Gasteiger charge is -2.04. The highest BCUT2D eigenvalue weighted by Crippen LogP contribution is 2.31. The van der Waals surface area contributed by atoms with E-state index in [4.69, 9.17) is 5.73 Å². The van der Waals surface area contributed by atoms with Crippen LogP contribution in [0.4, 0.5) is 11.5 Å². The Kier molecular flexibility index (Phi) is 1.95. The van der Waals surface area contributed by atoms with Crippen molar-refractivity contribution < 1.29 is 4.79 Å². The number of hydrogen-bond donors (Lipinski definition) is 2. The Balaban J connectivity index is 2.09. The molecule has 17 heavy (non-hydrogen) atoms. The summed E-state index contributed by atoms with van der Waals surface area (Å²) >= 11 is 0. The Morgan fingerprint density at radius 3 is 3.00 bits per heavy atom. The third-order valence-corrected chi connectivity index (χ3v) is 3.03. The van der Waals surface area contributed by atoms with E-state index in [0.717, 1.165) is 22.4 Å². The van der Waals surface area contributed by atoms with Crippen LogP contribution in [0, 0.1) is 0 Å². The first-order valence-corrected chi connectivity index (χ1v) is 5.36. The normalized spacial score (nSPS) is 13.6. The Bertz CT molecular complexity index is 615. The minimum absolute atomic E-state index is 0.0382. The highest BCUT2D eigenvalue weighted by molar-refractivity contribution is 6.00. The van der Waals surface area contributed by atoms with E-state index in [1.807, 2.05) is 18.2 Å². The van der Waals surface area contributed by atoms with Gasteiger partial charge >= 0.3 is 0 Å². The number of aryl methyl sites for hydroxylation is 1. The molecular weight excluding hydrogens is 216 g/mol. The average molecular weight is 228 g/mol. The largest absolute Gasteiger partial charge is 0.383 e. The molecule has 3 rings (SSSR count). The number of benzene rings is 1. The third-order valence-electron chi connectivity index (χ3n) is 3.03. The van der Waals surface area contributed by atoms with Crippen LogP contribution < -0.4 is 11.1 Å². The summed E-state index contributed by atoms with van der Waals surface area (Å²) < 4.78 is 1.63. The molecule has 5 nitrogen and oxygen atoms in total. The van der Waals surface area contributed by atoms with Crippen LogP contribution in [0.5, 0.6) is 0 Å². The van der Waals surface area contributed by atoms with Crippen molar-refractivity contribution in [1.82, 2.24) is 9.78 Å². The van der Waals surface area contributed by atoms with Crippen LogP contribution in [-0.4, -0.2) is 15.7 Å². The number of rotatable bonds is 1. The van der Waals surface area contributed by atoms with Gasteiger partial charge in [-0.3, -0.25) is 9.48 Å². The van der Waals surface area contributed by atoms with E-state index in [-0.39, 0.29) is 5.91 Å². The summed E-state index contributed by atoms with van der Waals surface area (Å²) in [5, 5.41) is 6.93. The van der Waals surface area contributed by atoms with Crippen molar-refractivity contribution in [3.05, 3.63) is 30.0 Å². The average Bonchev–Trinajstić information content (AvgIpc) is 2.81. The van der Waals surface area contributed by atoms with E-state index in [2.05, 4.69) is 10.4 Å². The van der Waals surface area contributed by atoms with Crippen LogP contribution in [0.1, 0.15) is 5.56 Å². The topological polar surface area (TPSA) is 72.9 Å². The first-order chi connectivity index (χ1) is 8.15. The van der Waals surface area contributed by atoms with Crippen LogP contribution in [-0.2, 0) is 18.3 Å². The number of nitrogens with one attached hydrogen (secondary N) is 1. The van der Waals surface area contributed by atoms with Gasteiger partial charge in [-0.2, -0.15) is 5.10 Å². The molecule has 0 fully saturated rings. The second kappa shape index (κ2) is 3.35. The van der Waals surface area contributed by atoms with Crippen LogP contribution in [0.2, 0.25) is 0 Å². The summed E-state index contributed by atoms with van der Waals surface area (Å²) in [5.41, 5.74) is 9.67. The van der Waals surface area contributed by atoms with E-state index in [9.17, 15) is 4.79 Å². The maximum absolute atomic E-state index is 11.3. The van der Waals surface area contributed by atoms with Crippen LogP contribution in [0.3, 0.4) is 0 Å². The predicted octanol–water partition coefficient (Wildman–Crippen LogP) is 1.16. The number of carbonyl (C=O) groups is 1. The quantitative estimate of drug-likeness (QED) is 0.769. The number of fused-ring (bicyclic) bond motifs is 1. The Labute approximate surface area is 98.2 Å². The van der Waals surface area contributed by atoms with E-state index in [1.165, 1.54) is 0 Å². The molecule has 86 valence electrons. The minimum atomic E-state index is 0.0382. The Morgan fingerprint density at radius 1 is 1.47 bits per heavy atom. The summed E-state index contributed by atoms with van der Waals surface area (Å²) in [5.74, 6) is 0.658. The van der Waals surface area contributed by atoms with Gasteiger partial charge in [0.05, 0.1) is 12.6 Å². The van der Waals surface area contributed by atoms with Crippen molar-refractivity contribution in [2.24, 2.45) is 7.05 Å². The van der Waals surface area contributed by atoms with Gasteiger partial charge in [-0.25, -0.2) is 0 Å². The molecule has 0 atom stereocenters. The predicted molar refractivity (Wildman–Crippen MR) is 65.4 cm³/mol. The van der Waals surface area contributed by atoms with Crippen LogP contribution in [0.15, 0.2) is 24.4 Å². The number of amides is 1. The van der Waals surface area contributed by atoms with Gasteiger partial charge in [0.25, 0.3) is 0 Å². The maximum Gasteiger partial charge on any atom is 0.228 e. The number of nitrogens with zero attached hydrogens (tertiary/aromatic N) is 2. The fourth-order valence-electron chi connectivity index (χ4n) is 2.05. The van der Waals surface area contributed by atoms with Gasteiger partial charge in [0.2, 0.25) is 5.91 Å². The zero-order chi connectivity index (χ0) is 12.0. The van der Waals surface area contributed by atoms with Gasteiger partial charge < -0.3 is 11.1 Å². The number of nitrogens with two attached hydrogens (primary N) is 1. The third kappa shape index (κ3) is 1.47. The molecule has 0 unspecified atom stereocenters. The van der Waals surface area contributed by atoms with Gasteiger partial charge in [0.1, 0.15) is 5.82 Å². The number of hydrogen-bond acceptors (Lipinski definition) is 3. The molecule has 0 aliphatic carbocycles. The Morgan fingerprint density at radius 2 is 2.29 bits per heavy atom. The summed E-state index contributed by atoms with van der Waals surface area (Å²) in [6.07, 6.45) is 2.19. The number of carbonyl (C=O) groups excluding carboxylic acids is 1. The van der Waals surface area contributed by atoms with E-state index >= 15 is 0 Å². The lowest BCUT2D eigenvalue weighted by molar-refractivity contribution is -0.115. The molecule has 0 saturated carbocycles. The highest BCUT2D eigenvalue weighted by Gasteiger charge is 2.18. The molecule has 2 heterocycles. The monoisotopic (exact) mass is 228 g/mol. The van der Waals surface area contributed by atoms with E-state index in [0.29, 0.717) is 12.2 Å². The van der Waals surface area contributed by atoms with Gasteiger partial charge in [-0.1, -0.05) is 12.1 Å². The zero-order valence-corrected chi connectivity index (χ0v) is 9.40. The fourth-order valence-corrected chi connectivity index (χ4v) is 2.05. The molecular formula is C12H12N4O. The number of aromatic nitrogens is 2. The van der Waals surface area contributed by atoms with Crippen molar-refractivity contribution in [2.45, 2.75) is 6.42 Å². The van der Waals surface area contributed by atoms with Crippen LogP contribution in [0.25, 0.3) is 11.1 Å². The molecule has 2 aromatic rings. The van der Waals surface area contributed by atoms with Gasteiger partial charge in [0.15, 0.2) is 0 Å². The van der Waals surface area contributed by atoms with Crippen molar-refractivity contribution >= 4 is 17.4 Å². The second-order valence-corrected chi connectivity index (χ2v) is 4.16. The molecule has 1 aromatic heterocycles. The lowest BCUT2D eigenvalue weighted by atomic mass is 10.0. The molecule has 3 N–H and O–H groups in total. The molecule has 1 amide bonds. The molecule has 0 radical (unpaired) electrons.